The van der Waals surface area contributed by atoms with Gasteiger partial charge in [0, 0.05) is 11.6 Å². The van der Waals surface area contributed by atoms with Crippen molar-refractivity contribution in [1.82, 2.24) is 4.98 Å². The van der Waals surface area contributed by atoms with Gasteiger partial charge in [-0.3, -0.25) is 4.98 Å². The first-order valence-corrected chi connectivity index (χ1v) is 5.76. The lowest BCUT2D eigenvalue weighted by Crippen LogP contribution is -1.98. The molecule has 2 aromatic rings. The van der Waals surface area contributed by atoms with E-state index in [-0.39, 0.29) is 5.56 Å². The molecule has 4 nitrogen and oxygen atoms in total. The van der Waals surface area contributed by atoms with E-state index in [1.165, 1.54) is 6.20 Å². The van der Waals surface area contributed by atoms with Crippen molar-refractivity contribution in [3.63, 3.8) is 0 Å². The van der Waals surface area contributed by atoms with Crippen LogP contribution in [0.2, 0.25) is 0 Å². The zero-order valence-corrected chi connectivity index (χ0v) is 9.55. The summed E-state index contributed by atoms with van der Waals surface area (Å²) in [5.74, 6) is -0.529. The zero-order chi connectivity index (χ0) is 12.7. The number of fused-ring (bicyclic) bond motifs is 1. The van der Waals surface area contributed by atoms with Crippen LogP contribution in [0.15, 0.2) is 24.4 Å². The molecule has 0 aliphatic heterocycles. The smallest absolute Gasteiger partial charge is 0.337 e. The number of rotatable bonds is 2. The molecule has 1 aliphatic carbocycles. The number of hydrogen-bond donors (Lipinski definition) is 1. The Morgan fingerprint density at radius 1 is 1.39 bits per heavy atom. The summed E-state index contributed by atoms with van der Waals surface area (Å²) in [4.78, 5) is 15.0. The Kier molecular flexibility index (Phi) is 2.27. The molecule has 1 aromatic carbocycles. The topological polar surface area (TPSA) is 74.0 Å². The lowest BCUT2D eigenvalue weighted by Gasteiger charge is -2.05. The molecule has 88 valence electrons. The van der Waals surface area contributed by atoms with Crippen LogP contribution in [0.25, 0.3) is 10.9 Å². The largest absolute Gasteiger partial charge is 0.478 e. The van der Waals surface area contributed by atoms with Crippen LogP contribution in [0.4, 0.5) is 0 Å². The molecule has 0 radical (unpaired) electrons. The minimum atomic E-state index is -1.01. The van der Waals surface area contributed by atoms with Gasteiger partial charge >= 0.3 is 5.97 Å². The number of aromatic carboxylic acids is 1. The molecule has 1 fully saturated rings. The minimum absolute atomic E-state index is 0.144. The molecule has 1 N–H and O–H groups in total. The van der Waals surface area contributed by atoms with E-state index < -0.39 is 5.97 Å². The monoisotopic (exact) mass is 238 g/mol. The highest BCUT2D eigenvalue weighted by Crippen LogP contribution is 2.42. The Bertz CT molecular complexity index is 697. The van der Waals surface area contributed by atoms with Gasteiger partial charge in [0.15, 0.2) is 0 Å². The van der Waals surface area contributed by atoms with E-state index >= 15 is 0 Å². The first-order valence-electron chi connectivity index (χ1n) is 5.76. The van der Waals surface area contributed by atoms with Crippen LogP contribution >= 0.6 is 0 Å². The number of nitrogens with zero attached hydrogens (tertiary/aromatic N) is 2. The molecule has 0 bridgehead atoms. The number of pyridine rings is 1. The van der Waals surface area contributed by atoms with Crippen LogP contribution in [-0.4, -0.2) is 16.1 Å². The molecule has 1 saturated carbocycles. The number of hydrogen-bond acceptors (Lipinski definition) is 3. The molecule has 3 rings (SSSR count). The van der Waals surface area contributed by atoms with Gasteiger partial charge in [-0.25, -0.2) is 4.79 Å². The van der Waals surface area contributed by atoms with Gasteiger partial charge in [0.2, 0.25) is 0 Å². The average Bonchev–Trinajstić information content (AvgIpc) is 3.20. The fourth-order valence-corrected chi connectivity index (χ4v) is 2.14. The first-order chi connectivity index (χ1) is 8.69. The number of nitriles is 1. The molecule has 0 spiro atoms. The van der Waals surface area contributed by atoms with E-state index in [2.05, 4.69) is 11.1 Å². The van der Waals surface area contributed by atoms with Gasteiger partial charge in [0.05, 0.1) is 22.7 Å². The number of benzene rings is 1. The summed E-state index contributed by atoms with van der Waals surface area (Å²) < 4.78 is 0. The Balaban J connectivity index is 2.22. The number of carbonyl (C=O) groups is 1. The van der Waals surface area contributed by atoms with Crippen molar-refractivity contribution in [3.8, 4) is 6.07 Å². The molecule has 1 aliphatic rings. The highest BCUT2D eigenvalue weighted by atomic mass is 16.4. The lowest BCUT2D eigenvalue weighted by atomic mass is 10.0. The summed E-state index contributed by atoms with van der Waals surface area (Å²) in [6, 6.07) is 7.39. The van der Waals surface area contributed by atoms with E-state index in [9.17, 15) is 4.79 Å². The fourth-order valence-electron chi connectivity index (χ4n) is 2.14. The quantitative estimate of drug-likeness (QED) is 0.872. The van der Waals surface area contributed by atoms with E-state index in [0.29, 0.717) is 16.9 Å². The second-order valence-corrected chi connectivity index (χ2v) is 4.55. The third-order valence-electron chi connectivity index (χ3n) is 3.24. The van der Waals surface area contributed by atoms with Crippen LogP contribution in [0, 0.1) is 11.3 Å². The molecular weight excluding hydrogens is 228 g/mol. The maximum Gasteiger partial charge on any atom is 0.337 e. The second-order valence-electron chi connectivity index (χ2n) is 4.55. The Morgan fingerprint density at radius 2 is 2.17 bits per heavy atom. The highest BCUT2D eigenvalue weighted by molar-refractivity contribution is 5.93. The summed E-state index contributed by atoms with van der Waals surface area (Å²) >= 11 is 0. The third kappa shape index (κ3) is 1.70. The van der Waals surface area contributed by atoms with Gasteiger partial charge in [-0.05, 0) is 42.5 Å². The SMILES string of the molecule is N#Cc1cc2cc(C(=O)O)cnc2cc1C1CC1. The van der Waals surface area contributed by atoms with Gasteiger partial charge in [0.1, 0.15) is 0 Å². The van der Waals surface area contributed by atoms with Crippen LogP contribution in [-0.2, 0) is 0 Å². The molecule has 0 atom stereocenters. The molecule has 0 saturated heterocycles. The lowest BCUT2D eigenvalue weighted by molar-refractivity contribution is 0.0696. The Hall–Kier alpha value is -2.41. The van der Waals surface area contributed by atoms with Crippen molar-refractivity contribution in [2.45, 2.75) is 18.8 Å². The van der Waals surface area contributed by atoms with Crippen LogP contribution < -0.4 is 0 Å². The third-order valence-corrected chi connectivity index (χ3v) is 3.24. The van der Waals surface area contributed by atoms with Crippen molar-refractivity contribution in [2.75, 3.05) is 0 Å². The second kappa shape index (κ2) is 3.81. The van der Waals surface area contributed by atoms with Crippen molar-refractivity contribution in [2.24, 2.45) is 0 Å². The molecule has 18 heavy (non-hydrogen) atoms. The van der Waals surface area contributed by atoms with Crippen molar-refractivity contribution in [1.29, 1.82) is 5.26 Å². The zero-order valence-electron chi connectivity index (χ0n) is 9.55. The first kappa shape index (κ1) is 10.7. The van der Waals surface area contributed by atoms with Gasteiger partial charge in [-0.1, -0.05) is 0 Å². The van der Waals surface area contributed by atoms with Crippen LogP contribution in [0.1, 0.15) is 40.2 Å². The fraction of sp³-hybridized carbons (Fsp3) is 0.214. The predicted molar refractivity (Wildman–Crippen MR) is 65.4 cm³/mol. The van der Waals surface area contributed by atoms with E-state index in [0.717, 1.165) is 23.9 Å². The Morgan fingerprint density at radius 3 is 2.78 bits per heavy atom. The number of aromatic nitrogens is 1. The summed E-state index contributed by atoms with van der Waals surface area (Å²) in [7, 11) is 0. The maximum absolute atomic E-state index is 10.9. The number of carboxylic acids is 1. The summed E-state index contributed by atoms with van der Waals surface area (Å²) in [6.07, 6.45) is 3.59. The molecule has 4 heteroatoms. The molecule has 0 unspecified atom stereocenters. The van der Waals surface area contributed by atoms with Crippen molar-refractivity contribution in [3.05, 3.63) is 41.1 Å². The summed E-state index contributed by atoms with van der Waals surface area (Å²) in [5, 5.41) is 18.8. The highest BCUT2D eigenvalue weighted by Gasteiger charge is 2.26. The predicted octanol–water partition coefficient (Wildman–Crippen LogP) is 2.68. The van der Waals surface area contributed by atoms with Gasteiger partial charge < -0.3 is 5.11 Å². The average molecular weight is 238 g/mol. The molecular formula is C14H10N2O2. The Labute approximate surface area is 103 Å². The van der Waals surface area contributed by atoms with E-state index in [4.69, 9.17) is 10.4 Å². The molecule has 1 heterocycles. The van der Waals surface area contributed by atoms with Gasteiger partial charge in [-0.2, -0.15) is 5.26 Å². The van der Waals surface area contributed by atoms with Gasteiger partial charge in [0.25, 0.3) is 0 Å². The van der Waals surface area contributed by atoms with Crippen LogP contribution in [0.5, 0.6) is 0 Å². The molecule has 0 amide bonds. The van der Waals surface area contributed by atoms with E-state index in [1.807, 2.05) is 6.07 Å². The summed E-state index contributed by atoms with van der Waals surface area (Å²) in [5.41, 5.74) is 2.57. The van der Waals surface area contributed by atoms with Crippen molar-refractivity contribution < 1.29 is 9.90 Å². The van der Waals surface area contributed by atoms with Crippen molar-refractivity contribution >= 4 is 16.9 Å². The normalized spacial score (nSPS) is 14.4. The maximum atomic E-state index is 10.9. The minimum Gasteiger partial charge on any atom is -0.478 e. The van der Waals surface area contributed by atoms with E-state index in [1.54, 1.807) is 12.1 Å². The summed E-state index contributed by atoms with van der Waals surface area (Å²) in [6.45, 7) is 0. The van der Waals surface area contributed by atoms with Crippen LogP contribution in [0.3, 0.4) is 0 Å². The standard InChI is InChI=1S/C14H10N2O2/c15-6-10-3-9-4-11(14(17)18)7-16-13(9)5-12(10)8-1-2-8/h3-5,7-8H,1-2H2,(H,17,18). The molecule has 1 aromatic heterocycles. The number of carboxylic acid groups (broad SMARTS) is 1. The van der Waals surface area contributed by atoms with Gasteiger partial charge in [-0.15, -0.1) is 0 Å².